The third-order valence-corrected chi connectivity index (χ3v) is 6.56. The summed E-state index contributed by atoms with van der Waals surface area (Å²) in [4.78, 5) is 14.8. The van der Waals surface area contributed by atoms with Gasteiger partial charge in [0.05, 0.1) is 11.6 Å². The molecule has 5 atom stereocenters. The maximum absolute atomic E-state index is 13.1. The van der Waals surface area contributed by atoms with Gasteiger partial charge in [-0.2, -0.15) is 0 Å². The largest absolute Gasteiger partial charge is 0.358 e. The van der Waals surface area contributed by atoms with Gasteiger partial charge in [0.1, 0.15) is 0 Å². The Morgan fingerprint density at radius 3 is 2.64 bits per heavy atom. The Hall–Kier alpha value is -1.42. The number of fused-ring (bicyclic) bond motifs is 2. The highest BCUT2D eigenvalue weighted by atomic mass is 32.1. The topological polar surface area (TPSA) is 32.3 Å². The van der Waals surface area contributed by atoms with Crippen molar-refractivity contribution >= 4 is 28.9 Å². The number of hydrogen-bond acceptors (Lipinski definition) is 2. The van der Waals surface area contributed by atoms with Crippen LogP contribution in [0.3, 0.4) is 0 Å². The van der Waals surface area contributed by atoms with Gasteiger partial charge in [0.2, 0.25) is 5.91 Å². The van der Waals surface area contributed by atoms with Gasteiger partial charge in [0.25, 0.3) is 0 Å². The number of benzene rings is 1. The summed E-state index contributed by atoms with van der Waals surface area (Å²) in [6, 6.07) is 9.94. The van der Waals surface area contributed by atoms with Crippen molar-refractivity contribution < 1.29 is 4.79 Å². The number of anilines is 1. The molecule has 1 aromatic carbocycles. The first-order valence-electron chi connectivity index (χ1n) is 8.12. The van der Waals surface area contributed by atoms with Crippen LogP contribution in [0.25, 0.3) is 0 Å². The molecular formula is C18H22N2OS. The van der Waals surface area contributed by atoms with Gasteiger partial charge < -0.3 is 5.32 Å². The maximum Gasteiger partial charge on any atom is 0.238 e. The molecular weight excluding hydrogens is 292 g/mol. The van der Waals surface area contributed by atoms with Gasteiger partial charge in [-0.3, -0.25) is 9.69 Å². The van der Waals surface area contributed by atoms with E-state index in [1.165, 1.54) is 0 Å². The van der Waals surface area contributed by atoms with Crippen molar-refractivity contribution in [3.63, 3.8) is 0 Å². The van der Waals surface area contributed by atoms with Crippen molar-refractivity contribution in [1.29, 1.82) is 0 Å². The zero-order valence-electron chi connectivity index (χ0n) is 13.2. The fraction of sp³-hybridized carbons (Fsp3) is 0.556. The van der Waals surface area contributed by atoms with E-state index < -0.39 is 0 Å². The van der Waals surface area contributed by atoms with Crippen molar-refractivity contribution in [1.82, 2.24) is 5.32 Å². The summed E-state index contributed by atoms with van der Waals surface area (Å²) in [5.74, 6) is 2.12. The molecule has 2 aliphatic carbocycles. The number of nitrogens with zero attached hydrogens (tertiary/aromatic N) is 1. The molecule has 0 bridgehead atoms. The molecule has 1 unspecified atom stereocenters. The Morgan fingerprint density at radius 2 is 1.95 bits per heavy atom. The van der Waals surface area contributed by atoms with Gasteiger partial charge in [-0.25, -0.2) is 0 Å². The number of rotatable bonds is 1. The third kappa shape index (κ3) is 1.79. The maximum atomic E-state index is 13.1. The summed E-state index contributed by atoms with van der Waals surface area (Å²) in [6.45, 7) is 6.96. The fourth-order valence-electron chi connectivity index (χ4n) is 5.07. The quantitative estimate of drug-likeness (QED) is 0.808. The Kier molecular flexibility index (Phi) is 2.93. The molecule has 3 nitrogen and oxygen atoms in total. The number of nitrogens with one attached hydrogen (secondary N) is 1. The molecule has 0 aromatic heterocycles. The van der Waals surface area contributed by atoms with Crippen LogP contribution in [-0.4, -0.2) is 17.1 Å². The minimum absolute atomic E-state index is 0.0462. The molecule has 3 aliphatic rings. The lowest BCUT2D eigenvalue weighted by molar-refractivity contribution is -0.124. The first kappa shape index (κ1) is 14.2. The van der Waals surface area contributed by atoms with Gasteiger partial charge in [0, 0.05) is 6.04 Å². The van der Waals surface area contributed by atoms with E-state index in [9.17, 15) is 4.79 Å². The van der Waals surface area contributed by atoms with Crippen LogP contribution in [0.5, 0.6) is 0 Å². The zero-order valence-corrected chi connectivity index (χ0v) is 14.1. The normalized spacial score (nSPS) is 38.9. The SMILES string of the molecule is C[C@H]1C2NC(=S)N(c3ccccc3)C(=O)[C@@H]2C[C@@H]2[C@H]1C2(C)C. The third-order valence-electron chi connectivity index (χ3n) is 6.26. The van der Waals surface area contributed by atoms with Crippen molar-refractivity contribution in [2.75, 3.05) is 4.90 Å². The summed E-state index contributed by atoms with van der Waals surface area (Å²) in [5.41, 5.74) is 1.24. The van der Waals surface area contributed by atoms with Crippen LogP contribution in [-0.2, 0) is 4.79 Å². The number of para-hydroxylation sites is 1. The molecule has 0 radical (unpaired) electrons. The predicted octanol–water partition coefficient (Wildman–Crippen LogP) is 3.20. The molecule has 4 rings (SSSR count). The standard InChI is InChI=1S/C18H22N2OS/c1-10-14-13(18(14,2)3)9-12-15(10)19-17(22)20(16(12)21)11-7-5-4-6-8-11/h4-8,10,12-15H,9H2,1-3H3,(H,19,22)/t10-,12-,13-,14+,15?/m1/s1. The van der Waals surface area contributed by atoms with Gasteiger partial charge in [-0.1, -0.05) is 39.0 Å². The molecule has 3 fully saturated rings. The Balaban J connectivity index is 1.67. The number of thiocarbonyl (C=S) groups is 1. The van der Waals surface area contributed by atoms with Crippen LogP contribution >= 0.6 is 12.2 Å². The second-order valence-corrected chi connectivity index (χ2v) is 8.03. The Morgan fingerprint density at radius 1 is 1.27 bits per heavy atom. The summed E-state index contributed by atoms with van der Waals surface area (Å²) in [7, 11) is 0. The van der Waals surface area contributed by atoms with Crippen LogP contribution < -0.4 is 10.2 Å². The Labute approximate surface area is 137 Å². The molecule has 22 heavy (non-hydrogen) atoms. The minimum Gasteiger partial charge on any atom is -0.358 e. The second-order valence-electron chi connectivity index (χ2n) is 7.64. The van der Waals surface area contributed by atoms with Crippen molar-refractivity contribution in [3.8, 4) is 0 Å². The number of amides is 1. The van der Waals surface area contributed by atoms with Crippen molar-refractivity contribution in [3.05, 3.63) is 30.3 Å². The summed E-state index contributed by atoms with van der Waals surface area (Å²) >= 11 is 5.51. The number of hydrogen-bond donors (Lipinski definition) is 1. The van der Waals surface area contributed by atoms with Crippen LogP contribution in [0.4, 0.5) is 5.69 Å². The molecule has 1 N–H and O–H groups in total. The second kappa shape index (κ2) is 4.54. The van der Waals surface area contributed by atoms with E-state index in [1.807, 2.05) is 30.3 Å². The molecule has 1 saturated heterocycles. The highest BCUT2D eigenvalue weighted by molar-refractivity contribution is 7.80. The molecule has 116 valence electrons. The van der Waals surface area contributed by atoms with E-state index in [4.69, 9.17) is 12.2 Å². The van der Waals surface area contributed by atoms with E-state index in [-0.39, 0.29) is 17.9 Å². The zero-order chi connectivity index (χ0) is 15.6. The first-order chi connectivity index (χ1) is 10.4. The van der Waals surface area contributed by atoms with Gasteiger partial charge in [-0.15, -0.1) is 0 Å². The lowest BCUT2D eigenvalue weighted by atomic mass is 9.76. The van der Waals surface area contributed by atoms with E-state index in [2.05, 4.69) is 26.1 Å². The molecule has 4 heteroatoms. The fourth-order valence-corrected chi connectivity index (χ4v) is 5.40. The Bertz CT molecular complexity index is 642. The van der Waals surface area contributed by atoms with E-state index in [0.717, 1.165) is 18.0 Å². The monoisotopic (exact) mass is 314 g/mol. The molecule has 1 amide bonds. The van der Waals surface area contributed by atoms with Gasteiger partial charge >= 0.3 is 0 Å². The van der Waals surface area contributed by atoms with Crippen molar-refractivity contribution in [2.24, 2.45) is 29.1 Å². The van der Waals surface area contributed by atoms with Crippen LogP contribution in [0.15, 0.2) is 30.3 Å². The van der Waals surface area contributed by atoms with Crippen LogP contribution in [0.2, 0.25) is 0 Å². The summed E-state index contributed by atoms with van der Waals surface area (Å²) in [6.07, 6.45) is 0.991. The molecule has 1 aliphatic heterocycles. The highest BCUT2D eigenvalue weighted by Crippen LogP contribution is 2.68. The van der Waals surface area contributed by atoms with Crippen LogP contribution in [0, 0.1) is 29.1 Å². The molecule has 2 saturated carbocycles. The lowest BCUT2D eigenvalue weighted by Crippen LogP contribution is -2.63. The van der Waals surface area contributed by atoms with Gasteiger partial charge in [-0.05, 0) is 53.9 Å². The van der Waals surface area contributed by atoms with Crippen molar-refractivity contribution in [2.45, 2.75) is 33.2 Å². The molecule has 1 heterocycles. The molecule has 1 aromatic rings. The smallest absolute Gasteiger partial charge is 0.238 e. The predicted molar refractivity (Wildman–Crippen MR) is 91.5 cm³/mol. The van der Waals surface area contributed by atoms with E-state index >= 15 is 0 Å². The average Bonchev–Trinajstić information content (AvgIpc) is 3.04. The lowest BCUT2D eigenvalue weighted by Gasteiger charge is -2.44. The summed E-state index contributed by atoms with van der Waals surface area (Å²) < 4.78 is 0. The number of carbonyl (C=O) groups excluding carboxylic acids is 1. The van der Waals surface area contributed by atoms with E-state index in [1.54, 1.807) is 4.90 Å². The first-order valence-corrected chi connectivity index (χ1v) is 8.53. The average molecular weight is 314 g/mol. The summed E-state index contributed by atoms with van der Waals surface area (Å²) in [5, 5.41) is 4.04. The van der Waals surface area contributed by atoms with Crippen LogP contribution in [0.1, 0.15) is 27.2 Å². The number of carbonyl (C=O) groups is 1. The van der Waals surface area contributed by atoms with Gasteiger partial charge in [0.15, 0.2) is 5.11 Å². The highest BCUT2D eigenvalue weighted by Gasteiger charge is 2.66. The minimum atomic E-state index is 0.0462. The molecule has 0 spiro atoms. The van der Waals surface area contributed by atoms with E-state index in [0.29, 0.717) is 22.4 Å².